The van der Waals surface area contributed by atoms with Gasteiger partial charge >= 0.3 is 0 Å². The number of carbonyl (C=O) groups excluding carboxylic acids is 2. The molecule has 0 aliphatic heterocycles. The molecule has 0 aromatic rings. The van der Waals surface area contributed by atoms with Crippen molar-refractivity contribution in [2.75, 3.05) is 13.1 Å². The molecule has 5 heteroatoms. The molecule has 5 N–H and O–H groups in total. The number of hydrogen-bond acceptors (Lipinski definition) is 3. The summed E-state index contributed by atoms with van der Waals surface area (Å²) in [5.41, 5.74) is 10.3. The highest BCUT2D eigenvalue weighted by molar-refractivity contribution is 5.83. The third kappa shape index (κ3) is 2.72. The van der Waals surface area contributed by atoms with Gasteiger partial charge in [-0.3, -0.25) is 9.59 Å². The smallest absolute Gasteiger partial charge is 0.225 e. The Morgan fingerprint density at radius 3 is 2.38 bits per heavy atom. The van der Waals surface area contributed by atoms with Crippen LogP contribution in [0.3, 0.4) is 0 Å². The van der Waals surface area contributed by atoms with Crippen molar-refractivity contribution in [3.8, 4) is 0 Å². The van der Waals surface area contributed by atoms with Gasteiger partial charge in [0.2, 0.25) is 11.8 Å². The summed E-state index contributed by atoms with van der Waals surface area (Å²) >= 11 is 0. The fraction of sp³-hybridized carbons (Fsp3) is 0.818. The fourth-order valence-corrected chi connectivity index (χ4v) is 2.10. The molecule has 1 aliphatic carbocycles. The van der Waals surface area contributed by atoms with Crippen LogP contribution in [0.15, 0.2) is 0 Å². The Morgan fingerprint density at radius 1 is 1.38 bits per heavy atom. The van der Waals surface area contributed by atoms with Crippen LogP contribution < -0.4 is 16.8 Å². The van der Waals surface area contributed by atoms with Crippen molar-refractivity contribution >= 4 is 11.8 Å². The molecule has 1 saturated carbocycles. The summed E-state index contributed by atoms with van der Waals surface area (Å²) in [5, 5.41) is 2.78. The molecule has 0 radical (unpaired) electrons. The molecular weight excluding hydrogens is 206 g/mol. The van der Waals surface area contributed by atoms with Gasteiger partial charge < -0.3 is 16.8 Å². The van der Waals surface area contributed by atoms with Crippen molar-refractivity contribution in [1.82, 2.24) is 5.32 Å². The molecule has 5 nitrogen and oxygen atoms in total. The number of carbonyl (C=O) groups is 2. The molecule has 1 unspecified atom stereocenters. The summed E-state index contributed by atoms with van der Waals surface area (Å²) in [6.07, 6.45) is 3.57. The Morgan fingerprint density at radius 2 is 1.94 bits per heavy atom. The molecular formula is C11H21N3O2. The summed E-state index contributed by atoms with van der Waals surface area (Å²) < 4.78 is 0. The average Bonchev–Trinajstić information content (AvgIpc) is 2.74. The van der Waals surface area contributed by atoms with E-state index in [1.165, 1.54) is 0 Å². The van der Waals surface area contributed by atoms with Gasteiger partial charge in [0.05, 0.1) is 5.41 Å². The van der Waals surface area contributed by atoms with Gasteiger partial charge in [-0.15, -0.1) is 0 Å². The second-order valence-electron chi connectivity index (χ2n) is 4.71. The lowest BCUT2D eigenvalue weighted by atomic mass is 9.85. The third-order valence-corrected chi connectivity index (χ3v) is 3.49. The van der Waals surface area contributed by atoms with Crippen molar-refractivity contribution in [3.05, 3.63) is 0 Å². The minimum absolute atomic E-state index is 0.102. The predicted octanol–water partition coefficient (Wildman–Crippen LogP) is -0.257. The SMILES string of the molecule is CC(CN)C(=O)NCC1(C(N)=O)CCCC1. The van der Waals surface area contributed by atoms with Crippen LogP contribution in [0.4, 0.5) is 0 Å². The third-order valence-electron chi connectivity index (χ3n) is 3.49. The zero-order valence-electron chi connectivity index (χ0n) is 9.79. The second kappa shape index (κ2) is 5.30. The van der Waals surface area contributed by atoms with Gasteiger partial charge in [0, 0.05) is 19.0 Å². The molecule has 0 aromatic heterocycles. The first kappa shape index (κ1) is 13.0. The summed E-state index contributed by atoms with van der Waals surface area (Å²) in [6, 6.07) is 0. The summed E-state index contributed by atoms with van der Waals surface area (Å²) in [5.74, 6) is -0.618. The molecule has 1 fully saturated rings. The van der Waals surface area contributed by atoms with E-state index >= 15 is 0 Å². The number of hydrogen-bond donors (Lipinski definition) is 3. The Labute approximate surface area is 95.9 Å². The maximum atomic E-state index is 11.6. The molecule has 1 aliphatic rings. The number of nitrogens with one attached hydrogen (secondary N) is 1. The van der Waals surface area contributed by atoms with E-state index in [-0.39, 0.29) is 17.7 Å². The lowest BCUT2D eigenvalue weighted by molar-refractivity contribution is -0.129. The van der Waals surface area contributed by atoms with Crippen LogP contribution in [0, 0.1) is 11.3 Å². The standard InChI is InChI=1S/C11H21N3O2/c1-8(6-12)9(15)14-7-11(10(13)16)4-2-3-5-11/h8H,2-7,12H2,1H3,(H2,13,16)(H,14,15). The molecule has 1 atom stereocenters. The minimum atomic E-state index is -0.524. The predicted molar refractivity (Wildman–Crippen MR) is 61.3 cm³/mol. The highest BCUT2D eigenvalue weighted by atomic mass is 16.2. The number of amides is 2. The number of rotatable bonds is 5. The van der Waals surface area contributed by atoms with E-state index < -0.39 is 5.41 Å². The van der Waals surface area contributed by atoms with Crippen molar-refractivity contribution < 1.29 is 9.59 Å². The molecule has 0 bridgehead atoms. The van der Waals surface area contributed by atoms with Crippen LogP contribution in [-0.2, 0) is 9.59 Å². The monoisotopic (exact) mass is 227 g/mol. The topological polar surface area (TPSA) is 98.2 Å². The summed E-state index contributed by atoms with van der Waals surface area (Å²) in [7, 11) is 0. The van der Waals surface area contributed by atoms with Gasteiger partial charge in [-0.2, -0.15) is 0 Å². The largest absolute Gasteiger partial charge is 0.369 e. The maximum absolute atomic E-state index is 11.6. The fourth-order valence-electron chi connectivity index (χ4n) is 2.10. The van der Waals surface area contributed by atoms with Gasteiger partial charge in [-0.25, -0.2) is 0 Å². The van der Waals surface area contributed by atoms with E-state index in [1.54, 1.807) is 6.92 Å². The van der Waals surface area contributed by atoms with E-state index in [1.807, 2.05) is 0 Å². The minimum Gasteiger partial charge on any atom is -0.369 e. The van der Waals surface area contributed by atoms with Crippen LogP contribution in [-0.4, -0.2) is 24.9 Å². The second-order valence-corrected chi connectivity index (χ2v) is 4.71. The van der Waals surface area contributed by atoms with Crippen LogP contribution in [0.5, 0.6) is 0 Å². The lowest BCUT2D eigenvalue weighted by Crippen LogP contribution is -2.46. The van der Waals surface area contributed by atoms with Gasteiger partial charge in [0.15, 0.2) is 0 Å². The first-order chi connectivity index (χ1) is 7.52. The molecule has 16 heavy (non-hydrogen) atoms. The van der Waals surface area contributed by atoms with Crippen molar-refractivity contribution in [2.45, 2.75) is 32.6 Å². The van der Waals surface area contributed by atoms with E-state index in [4.69, 9.17) is 11.5 Å². The summed E-state index contributed by atoms with van der Waals surface area (Å²) in [6.45, 7) is 2.43. The molecule has 0 spiro atoms. The van der Waals surface area contributed by atoms with Crippen molar-refractivity contribution in [1.29, 1.82) is 0 Å². The van der Waals surface area contributed by atoms with E-state index in [2.05, 4.69) is 5.32 Å². The van der Waals surface area contributed by atoms with Gasteiger partial charge in [0.1, 0.15) is 0 Å². The van der Waals surface area contributed by atoms with E-state index in [9.17, 15) is 9.59 Å². The lowest BCUT2D eigenvalue weighted by Gasteiger charge is -2.25. The molecule has 92 valence electrons. The molecule has 0 aromatic carbocycles. The van der Waals surface area contributed by atoms with Crippen LogP contribution >= 0.6 is 0 Å². The van der Waals surface area contributed by atoms with Crippen LogP contribution in [0.2, 0.25) is 0 Å². The Kier molecular flexibility index (Phi) is 4.29. The zero-order valence-corrected chi connectivity index (χ0v) is 9.79. The Bertz CT molecular complexity index is 272. The van der Waals surface area contributed by atoms with E-state index in [0.717, 1.165) is 25.7 Å². The van der Waals surface area contributed by atoms with Gasteiger partial charge in [-0.05, 0) is 12.8 Å². The van der Waals surface area contributed by atoms with Crippen molar-refractivity contribution in [2.24, 2.45) is 22.8 Å². The van der Waals surface area contributed by atoms with Crippen LogP contribution in [0.1, 0.15) is 32.6 Å². The first-order valence-corrected chi connectivity index (χ1v) is 5.79. The highest BCUT2D eigenvalue weighted by Gasteiger charge is 2.39. The normalized spacial score (nSPS) is 20.4. The average molecular weight is 227 g/mol. The van der Waals surface area contributed by atoms with Gasteiger partial charge in [0.25, 0.3) is 0 Å². The number of nitrogens with two attached hydrogens (primary N) is 2. The van der Waals surface area contributed by atoms with Crippen molar-refractivity contribution in [3.63, 3.8) is 0 Å². The molecule has 0 heterocycles. The first-order valence-electron chi connectivity index (χ1n) is 5.79. The van der Waals surface area contributed by atoms with Gasteiger partial charge in [-0.1, -0.05) is 19.8 Å². The maximum Gasteiger partial charge on any atom is 0.225 e. The number of primary amides is 1. The highest BCUT2D eigenvalue weighted by Crippen LogP contribution is 2.37. The zero-order chi connectivity index (χ0) is 12.2. The molecule has 1 rings (SSSR count). The Balaban J connectivity index is 2.51. The molecule has 0 saturated heterocycles. The van der Waals surface area contributed by atoms with E-state index in [0.29, 0.717) is 13.1 Å². The molecule has 2 amide bonds. The quantitative estimate of drug-likeness (QED) is 0.603. The van der Waals surface area contributed by atoms with Crippen LogP contribution in [0.25, 0.3) is 0 Å². The summed E-state index contributed by atoms with van der Waals surface area (Å²) in [4.78, 5) is 23.0. The Hall–Kier alpha value is -1.10.